The highest BCUT2D eigenvalue weighted by Crippen LogP contribution is 2.19. The first-order chi connectivity index (χ1) is 7.70. The Morgan fingerprint density at radius 1 is 1.38 bits per heavy atom. The second kappa shape index (κ2) is 3.93. The molecule has 0 amide bonds. The van der Waals surface area contributed by atoms with Crippen LogP contribution in [0.1, 0.15) is 16.2 Å². The van der Waals surface area contributed by atoms with Gasteiger partial charge in [-0.25, -0.2) is 4.98 Å². The van der Waals surface area contributed by atoms with Crippen molar-refractivity contribution in [2.75, 3.05) is 0 Å². The smallest absolute Gasteiger partial charge is 0.280 e. The van der Waals surface area contributed by atoms with Crippen LogP contribution >= 0.6 is 0 Å². The molecule has 1 N–H and O–H groups in total. The van der Waals surface area contributed by atoms with Crippen LogP contribution in [0.25, 0.3) is 0 Å². The second-order valence-electron chi connectivity index (χ2n) is 3.04. The van der Waals surface area contributed by atoms with Crippen LogP contribution in [0.5, 0.6) is 0 Å². The largest absolute Gasteiger partial charge is 0.342 e. The minimum atomic E-state index is -0.587. The summed E-state index contributed by atoms with van der Waals surface area (Å²) < 4.78 is 0. The van der Waals surface area contributed by atoms with Crippen molar-refractivity contribution in [1.82, 2.24) is 9.97 Å². The summed E-state index contributed by atoms with van der Waals surface area (Å²) in [6.45, 7) is 0. The lowest BCUT2D eigenvalue weighted by Crippen LogP contribution is -2.06. The van der Waals surface area contributed by atoms with Gasteiger partial charge in [0.25, 0.3) is 5.69 Å². The molecule has 2 rings (SSSR count). The van der Waals surface area contributed by atoms with Crippen molar-refractivity contribution in [2.45, 2.75) is 0 Å². The number of hydrogen-bond donors (Lipinski definition) is 1. The third-order valence-corrected chi connectivity index (χ3v) is 2.06. The van der Waals surface area contributed by atoms with Gasteiger partial charge in [0.1, 0.15) is 5.56 Å². The average Bonchev–Trinajstić information content (AvgIpc) is 2.81. The van der Waals surface area contributed by atoms with Gasteiger partial charge in [-0.3, -0.25) is 14.9 Å². The van der Waals surface area contributed by atoms with Crippen LogP contribution in [0.3, 0.4) is 0 Å². The maximum Gasteiger partial charge on any atom is 0.280 e. The first kappa shape index (κ1) is 10.0. The van der Waals surface area contributed by atoms with Gasteiger partial charge in [0, 0.05) is 18.5 Å². The third-order valence-electron chi connectivity index (χ3n) is 2.06. The number of ketones is 1. The lowest BCUT2D eigenvalue weighted by Gasteiger charge is -1.98. The molecule has 0 fully saturated rings. The van der Waals surface area contributed by atoms with E-state index in [0.717, 1.165) is 0 Å². The average molecular weight is 217 g/mol. The zero-order valence-corrected chi connectivity index (χ0v) is 8.08. The van der Waals surface area contributed by atoms with E-state index in [4.69, 9.17) is 0 Å². The number of rotatable bonds is 3. The van der Waals surface area contributed by atoms with E-state index in [0.29, 0.717) is 0 Å². The predicted molar refractivity (Wildman–Crippen MR) is 55.1 cm³/mol. The Balaban J connectivity index is 2.49. The van der Waals surface area contributed by atoms with E-state index in [9.17, 15) is 14.9 Å². The number of carbonyl (C=O) groups excluding carboxylic acids is 1. The summed E-state index contributed by atoms with van der Waals surface area (Å²) in [4.78, 5) is 28.3. The summed E-state index contributed by atoms with van der Waals surface area (Å²) in [7, 11) is 0. The molecule has 1 heterocycles. The summed E-state index contributed by atoms with van der Waals surface area (Å²) >= 11 is 0. The summed E-state index contributed by atoms with van der Waals surface area (Å²) in [6.07, 6.45) is 2.91. The molecule has 16 heavy (non-hydrogen) atoms. The number of H-pyrrole nitrogens is 1. The molecule has 0 unspecified atom stereocenters. The van der Waals surface area contributed by atoms with Crippen LogP contribution in [0, 0.1) is 10.1 Å². The van der Waals surface area contributed by atoms with Gasteiger partial charge < -0.3 is 4.98 Å². The van der Waals surface area contributed by atoms with Crippen molar-refractivity contribution in [2.24, 2.45) is 0 Å². The number of para-hydroxylation sites is 1. The molecule has 6 nitrogen and oxygen atoms in total. The normalized spacial score (nSPS) is 10.0. The highest BCUT2D eigenvalue weighted by Gasteiger charge is 2.21. The molecular weight excluding hydrogens is 210 g/mol. The first-order valence-electron chi connectivity index (χ1n) is 4.47. The highest BCUT2D eigenvalue weighted by atomic mass is 16.6. The van der Waals surface area contributed by atoms with Gasteiger partial charge in [0.05, 0.1) is 4.92 Å². The van der Waals surface area contributed by atoms with Crippen LogP contribution in [0.2, 0.25) is 0 Å². The summed E-state index contributed by atoms with van der Waals surface area (Å²) in [5, 5.41) is 10.7. The maximum absolute atomic E-state index is 11.8. The number of aromatic nitrogens is 2. The number of aromatic amines is 1. The fourth-order valence-corrected chi connectivity index (χ4v) is 1.34. The molecule has 0 bridgehead atoms. The third kappa shape index (κ3) is 1.68. The zero-order valence-electron chi connectivity index (χ0n) is 8.08. The molecule has 0 radical (unpaired) electrons. The number of nitrogens with zero attached hydrogens (tertiary/aromatic N) is 2. The number of carbonyl (C=O) groups is 1. The molecule has 0 spiro atoms. The molecule has 0 aliphatic carbocycles. The fraction of sp³-hybridized carbons (Fsp3) is 0. The fourth-order valence-electron chi connectivity index (χ4n) is 1.34. The van der Waals surface area contributed by atoms with Gasteiger partial charge in [-0.15, -0.1) is 0 Å². The van der Waals surface area contributed by atoms with Crippen molar-refractivity contribution in [3.05, 3.63) is 58.2 Å². The number of imidazole rings is 1. The molecule has 0 saturated carbocycles. The molecule has 1 aromatic heterocycles. The number of hydrogen-bond acceptors (Lipinski definition) is 4. The topological polar surface area (TPSA) is 88.9 Å². The molecule has 1 aromatic carbocycles. The van der Waals surface area contributed by atoms with Crippen molar-refractivity contribution in [3.8, 4) is 0 Å². The lowest BCUT2D eigenvalue weighted by molar-refractivity contribution is -0.385. The van der Waals surface area contributed by atoms with Crippen LogP contribution in [0.15, 0.2) is 36.7 Å². The van der Waals surface area contributed by atoms with Crippen LogP contribution in [0.4, 0.5) is 5.69 Å². The molecule has 0 atom stereocenters. The Kier molecular flexibility index (Phi) is 2.47. The van der Waals surface area contributed by atoms with Crippen molar-refractivity contribution >= 4 is 11.5 Å². The van der Waals surface area contributed by atoms with Crippen molar-refractivity contribution in [1.29, 1.82) is 0 Å². The Morgan fingerprint density at radius 3 is 2.75 bits per heavy atom. The molecule has 0 aliphatic heterocycles. The molecule has 0 saturated heterocycles. The molecule has 2 aromatic rings. The van der Waals surface area contributed by atoms with Crippen LogP contribution in [-0.2, 0) is 0 Å². The van der Waals surface area contributed by atoms with Gasteiger partial charge in [0.15, 0.2) is 5.82 Å². The van der Waals surface area contributed by atoms with E-state index in [-0.39, 0.29) is 17.1 Å². The summed E-state index contributed by atoms with van der Waals surface area (Å²) in [6, 6.07) is 5.78. The SMILES string of the molecule is O=C(c1ncc[nH]1)c1ccccc1[N+](=O)[O-]. The zero-order chi connectivity index (χ0) is 11.5. The Hall–Kier alpha value is -2.50. The summed E-state index contributed by atoms with van der Waals surface area (Å²) in [5.74, 6) is -0.397. The van der Waals surface area contributed by atoms with Gasteiger partial charge in [0.2, 0.25) is 5.78 Å². The Morgan fingerprint density at radius 2 is 2.12 bits per heavy atom. The Labute approximate surface area is 90.1 Å². The van der Waals surface area contributed by atoms with Crippen molar-refractivity contribution < 1.29 is 9.72 Å². The molecule has 0 aliphatic rings. The monoisotopic (exact) mass is 217 g/mol. The lowest BCUT2D eigenvalue weighted by atomic mass is 10.1. The minimum absolute atomic E-state index is 0.0300. The number of nitro benzene ring substituents is 1. The minimum Gasteiger partial charge on any atom is -0.342 e. The van der Waals surface area contributed by atoms with E-state index in [1.54, 1.807) is 6.07 Å². The van der Waals surface area contributed by atoms with Gasteiger partial charge in [-0.1, -0.05) is 12.1 Å². The highest BCUT2D eigenvalue weighted by molar-refractivity contribution is 6.09. The molecular formula is C10H7N3O3. The van der Waals surface area contributed by atoms with E-state index in [2.05, 4.69) is 9.97 Å². The number of benzene rings is 1. The van der Waals surface area contributed by atoms with Gasteiger partial charge in [-0.05, 0) is 6.07 Å². The molecule has 80 valence electrons. The van der Waals surface area contributed by atoms with E-state index >= 15 is 0 Å². The van der Waals surface area contributed by atoms with Gasteiger partial charge >= 0.3 is 0 Å². The predicted octanol–water partition coefficient (Wildman–Crippen LogP) is 1.55. The summed E-state index contributed by atoms with van der Waals surface area (Å²) in [5.41, 5.74) is -0.189. The number of nitro groups is 1. The van der Waals surface area contributed by atoms with E-state index in [1.165, 1.54) is 30.6 Å². The quantitative estimate of drug-likeness (QED) is 0.479. The Bertz CT molecular complexity index is 534. The van der Waals surface area contributed by atoms with E-state index < -0.39 is 10.7 Å². The standard InChI is InChI=1S/C10H7N3O3/c14-9(10-11-5-6-12-10)7-3-1-2-4-8(7)13(15)16/h1-6H,(H,11,12). The second-order valence-corrected chi connectivity index (χ2v) is 3.04. The first-order valence-corrected chi connectivity index (χ1v) is 4.47. The molecule has 6 heteroatoms. The van der Waals surface area contributed by atoms with Gasteiger partial charge in [-0.2, -0.15) is 0 Å². The number of nitrogens with one attached hydrogen (secondary N) is 1. The van der Waals surface area contributed by atoms with Crippen molar-refractivity contribution in [3.63, 3.8) is 0 Å². The van der Waals surface area contributed by atoms with E-state index in [1.807, 2.05) is 0 Å². The maximum atomic E-state index is 11.8. The van der Waals surface area contributed by atoms with Crippen LogP contribution in [-0.4, -0.2) is 20.7 Å². The van der Waals surface area contributed by atoms with Crippen LogP contribution < -0.4 is 0 Å².